The van der Waals surface area contributed by atoms with Gasteiger partial charge in [0.15, 0.2) is 0 Å². The van der Waals surface area contributed by atoms with Crippen molar-refractivity contribution >= 4 is 5.95 Å². The lowest BCUT2D eigenvalue weighted by molar-refractivity contribution is 0.122. The van der Waals surface area contributed by atoms with Gasteiger partial charge in [0.05, 0.1) is 19.8 Å². The quantitative estimate of drug-likeness (QED) is 0.916. The summed E-state index contributed by atoms with van der Waals surface area (Å²) in [7, 11) is 0. The van der Waals surface area contributed by atoms with Crippen LogP contribution in [0.5, 0.6) is 0 Å². The Balaban J connectivity index is 1.81. The van der Waals surface area contributed by atoms with Crippen LogP contribution < -0.4 is 4.90 Å². The maximum atomic E-state index is 9.17. The van der Waals surface area contributed by atoms with Crippen LogP contribution in [0.2, 0.25) is 0 Å². The average molecular weight is 271 g/mol. The Bertz CT molecular complexity index is 566. The molecule has 1 aliphatic rings. The maximum Gasteiger partial charge on any atom is 0.225 e. The summed E-state index contributed by atoms with van der Waals surface area (Å²) in [6.07, 6.45) is 3.66. The number of ether oxygens (including phenoxy) is 1. The number of aliphatic hydroxyl groups is 1. The summed E-state index contributed by atoms with van der Waals surface area (Å²) in [5.74, 6) is 0.746. The molecule has 1 aromatic carbocycles. The molecule has 1 aromatic heterocycles. The second-order valence-corrected chi connectivity index (χ2v) is 4.73. The first-order chi connectivity index (χ1) is 9.86. The third kappa shape index (κ3) is 2.79. The summed E-state index contributed by atoms with van der Waals surface area (Å²) in [6, 6.07) is 7.77. The first-order valence-corrected chi connectivity index (χ1v) is 6.72. The molecule has 0 spiro atoms. The van der Waals surface area contributed by atoms with Gasteiger partial charge in [-0.05, 0) is 17.2 Å². The number of hydrogen-bond acceptors (Lipinski definition) is 5. The van der Waals surface area contributed by atoms with Crippen LogP contribution in [-0.2, 0) is 11.3 Å². The summed E-state index contributed by atoms with van der Waals surface area (Å²) in [5, 5.41) is 9.17. The molecule has 3 rings (SSSR count). The van der Waals surface area contributed by atoms with E-state index in [1.54, 1.807) is 0 Å². The van der Waals surface area contributed by atoms with Gasteiger partial charge in [-0.1, -0.05) is 18.2 Å². The molecule has 0 radical (unpaired) electrons. The summed E-state index contributed by atoms with van der Waals surface area (Å²) >= 11 is 0. The van der Waals surface area contributed by atoms with E-state index in [1.807, 2.05) is 36.7 Å². The highest BCUT2D eigenvalue weighted by Crippen LogP contribution is 2.20. The topological polar surface area (TPSA) is 58.5 Å². The van der Waals surface area contributed by atoms with E-state index in [-0.39, 0.29) is 6.61 Å². The number of morpholine rings is 1. The van der Waals surface area contributed by atoms with Crippen molar-refractivity contribution in [3.05, 3.63) is 42.2 Å². The lowest BCUT2D eigenvalue weighted by Crippen LogP contribution is -2.37. The third-order valence-corrected chi connectivity index (χ3v) is 3.38. The molecule has 0 atom stereocenters. The van der Waals surface area contributed by atoms with Gasteiger partial charge in [-0.2, -0.15) is 0 Å². The van der Waals surface area contributed by atoms with Crippen LogP contribution in [0, 0.1) is 0 Å². The SMILES string of the molecule is OCc1cccc(-c2cnc(N3CCOCC3)nc2)c1. The highest BCUT2D eigenvalue weighted by molar-refractivity contribution is 5.62. The molecule has 0 saturated carbocycles. The predicted octanol–water partition coefficient (Wildman–Crippen LogP) is 1.47. The fraction of sp³-hybridized carbons (Fsp3) is 0.333. The number of nitrogens with zero attached hydrogens (tertiary/aromatic N) is 3. The fourth-order valence-corrected chi connectivity index (χ4v) is 2.25. The molecule has 0 bridgehead atoms. The lowest BCUT2D eigenvalue weighted by atomic mass is 10.1. The number of benzene rings is 1. The van der Waals surface area contributed by atoms with Crippen molar-refractivity contribution in [2.75, 3.05) is 31.2 Å². The van der Waals surface area contributed by atoms with E-state index in [2.05, 4.69) is 14.9 Å². The first kappa shape index (κ1) is 13.0. The van der Waals surface area contributed by atoms with E-state index in [9.17, 15) is 5.11 Å². The van der Waals surface area contributed by atoms with Gasteiger partial charge in [0, 0.05) is 31.0 Å². The molecule has 1 fully saturated rings. The Morgan fingerprint density at radius 3 is 2.55 bits per heavy atom. The molecule has 0 amide bonds. The van der Waals surface area contributed by atoms with Gasteiger partial charge in [0.1, 0.15) is 0 Å². The molecule has 1 aliphatic heterocycles. The van der Waals surface area contributed by atoms with Crippen molar-refractivity contribution < 1.29 is 9.84 Å². The maximum absolute atomic E-state index is 9.17. The molecule has 5 heteroatoms. The van der Waals surface area contributed by atoms with Crippen molar-refractivity contribution in [2.24, 2.45) is 0 Å². The van der Waals surface area contributed by atoms with Gasteiger partial charge in [0.2, 0.25) is 5.95 Å². The normalized spacial score (nSPS) is 15.3. The Labute approximate surface area is 117 Å². The average Bonchev–Trinajstić information content (AvgIpc) is 2.56. The zero-order chi connectivity index (χ0) is 13.8. The van der Waals surface area contributed by atoms with Crippen LogP contribution in [0.1, 0.15) is 5.56 Å². The fourth-order valence-electron chi connectivity index (χ4n) is 2.25. The first-order valence-electron chi connectivity index (χ1n) is 6.72. The number of hydrogen-bond donors (Lipinski definition) is 1. The summed E-state index contributed by atoms with van der Waals surface area (Å²) in [5.41, 5.74) is 2.86. The number of anilines is 1. The monoisotopic (exact) mass is 271 g/mol. The minimum atomic E-state index is 0.0422. The largest absolute Gasteiger partial charge is 0.392 e. The standard InChI is InChI=1S/C15H17N3O2/c19-11-12-2-1-3-13(8-12)14-9-16-15(17-10-14)18-4-6-20-7-5-18/h1-3,8-10,19H,4-7,11H2. The number of aliphatic hydroxyl groups excluding tert-OH is 1. The van der Waals surface area contributed by atoms with Crippen molar-refractivity contribution in [1.82, 2.24) is 9.97 Å². The molecule has 2 aromatic rings. The minimum absolute atomic E-state index is 0.0422. The number of rotatable bonds is 3. The van der Waals surface area contributed by atoms with E-state index in [0.29, 0.717) is 0 Å². The molecule has 0 aliphatic carbocycles. The third-order valence-electron chi connectivity index (χ3n) is 3.38. The van der Waals surface area contributed by atoms with E-state index in [1.165, 1.54) is 0 Å². The van der Waals surface area contributed by atoms with Gasteiger partial charge in [-0.25, -0.2) is 9.97 Å². The summed E-state index contributed by atoms with van der Waals surface area (Å²) < 4.78 is 5.32. The van der Waals surface area contributed by atoms with Crippen LogP contribution in [0.25, 0.3) is 11.1 Å². The van der Waals surface area contributed by atoms with Gasteiger partial charge in [0.25, 0.3) is 0 Å². The zero-order valence-electron chi connectivity index (χ0n) is 11.2. The van der Waals surface area contributed by atoms with Crippen LogP contribution in [0.15, 0.2) is 36.7 Å². The van der Waals surface area contributed by atoms with Crippen LogP contribution in [0.3, 0.4) is 0 Å². The Hall–Kier alpha value is -1.98. The van der Waals surface area contributed by atoms with Crippen molar-refractivity contribution in [2.45, 2.75) is 6.61 Å². The minimum Gasteiger partial charge on any atom is -0.392 e. The van der Waals surface area contributed by atoms with Crippen LogP contribution in [0.4, 0.5) is 5.95 Å². The van der Waals surface area contributed by atoms with Gasteiger partial charge in [-0.15, -0.1) is 0 Å². The molecule has 0 unspecified atom stereocenters. The van der Waals surface area contributed by atoms with Crippen LogP contribution >= 0.6 is 0 Å². The summed E-state index contributed by atoms with van der Waals surface area (Å²) in [6.45, 7) is 3.16. The van der Waals surface area contributed by atoms with Crippen molar-refractivity contribution in [3.63, 3.8) is 0 Å². The molecule has 1 N–H and O–H groups in total. The Morgan fingerprint density at radius 1 is 1.10 bits per heavy atom. The van der Waals surface area contributed by atoms with Crippen LogP contribution in [-0.4, -0.2) is 41.4 Å². The molecule has 104 valence electrons. The molecular weight excluding hydrogens is 254 g/mol. The van der Waals surface area contributed by atoms with E-state index < -0.39 is 0 Å². The lowest BCUT2D eigenvalue weighted by Gasteiger charge is -2.26. The van der Waals surface area contributed by atoms with Crippen molar-refractivity contribution in [1.29, 1.82) is 0 Å². The molecule has 5 nitrogen and oxygen atoms in total. The smallest absolute Gasteiger partial charge is 0.225 e. The highest BCUT2D eigenvalue weighted by atomic mass is 16.5. The highest BCUT2D eigenvalue weighted by Gasteiger charge is 2.13. The van der Waals surface area contributed by atoms with Crippen molar-refractivity contribution in [3.8, 4) is 11.1 Å². The predicted molar refractivity (Wildman–Crippen MR) is 76.4 cm³/mol. The van der Waals surface area contributed by atoms with Gasteiger partial charge < -0.3 is 14.7 Å². The van der Waals surface area contributed by atoms with E-state index in [0.717, 1.165) is 48.9 Å². The Morgan fingerprint density at radius 2 is 1.85 bits per heavy atom. The zero-order valence-corrected chi connectivity index (χ0v) is 11.2. The second-order valence-electron chi connectivity index (χ2n) is 4.73. The molecule has 1 saturated heterocycles. The molecule has 2 heterocycles. The Kier molecular flexibility index (Phi) is 3.90. The number of aromatic nitrogens is 2. The van der Waals surface area contributed by atoms with E-state index in [4.69, 9.17) is 4.74 Å². The molecular formula is C15H17N3O2. The summed E-state index contributed by atoms with van der Waals surface area (Å²) in [4.78, 5) is 11.0. The molecule has 20 heavy (non-hydrogen) atoms. The second kappa shape index (κ2) is 5.98. The van der Waals surface area contributed by atoms with Gasteiger partial charge >= 0.3 is 0 Å². The van der Waals surface area contributed by atoms with E-state index >= 15 is 0 Å². The van der Waals surface area contributed by atoms with Gasteiger partial charge in [-0.3, -0.25) is 0 Å².